The van der Waals surface area contributed by atoms with Crippen molar-refractivity contribution in [1.82, 2.24) is 19.5 Å². The number of imidazole rings is 1. The maximum Gasteiger partial charge on any atom is 0.303 e. The fourth-order valence-corrected chi connectivity index (χ4v) is 4.37. The van der Waals surface area contributed by atoms with Gasteiger partial charge in [0.05, 0.1) is 27.7 Å². The Labute approximate surface area is 237 Å². The van der Waals surface area contributed by atoms with Crippen molar-refractivity contribution in [3.63, 3.8) is 0 Å². The van der Waals surface area contributed by atoms with Crippen LogP contribution >= 0.6 is 0 Å². The van der Waals surface area contributed by atoms with Gasteiger partial charge in [0.1, 0.15) is 30.2 Å². The highest BCUT2D eigenvalue weighted by Gasteiger charge is 2.51. The summed E-state index contributed by atoms with van der Waals surface area (Å²) < 4.78 is 61.0. The highest BCUT2D eigenvalue weighted by atomic mass is 16.7. The predicted octanol–water partition coefficient (Wildman–Crippen LogP) is 1.41. The van der Waals surface area contributed by atoms with Crippen LogP contribution in [0.2, 0.25) is 0 Å². The molecule has 4 rings (SSSR count). The third-order valence-corrected chi connectivity index (χ3v) is 6.00. The topological polar surface area (TPSA) is 176 Å². The number of hydrogen-bond donors (Lipinski definition) is 0. The van der Waals surface area contributed by atoms with Crippen LogP contribution in [0.4, 0.5) is 0 Å². The van der Waals surface area contributed by atoms with Gasteiger partial charge in [-0.25, -0.2) is 15.0 Å². The number of methoxy groups -OCH3 is 3. The van der Waals surface area contributed by atoms with Crippen LogP contribution in [0.15, 0.2) is 24.8 Å². The van der Waals surface area contributed by atoms with Crippen molar-refractivity contribution in [2.45, 2.75) is 45.2 Å². The van der Waals surface area contributed by atoms with Crippen LogP contribution in [0.25, 0.3) is 11.2 Å². The van der Waals surface area contributed by atoms with Gasteiger partial charge in [-0.05, 0) is 12.1 Å². The van der Waals surface area contributed by atoms with Gasteiger partial charge in [0, 0.05) is 30.4 Å². The monoisotopic (exact) mass is 575 g/mol. The van der Waals surface area contributed by atoms with Crippen molar-refractivity contribution in [1.29, 1.82) is 0 Å². The van der Waals surface area contributed by atoms with Crippen LogP contribution in [-0.2, 0) is 33.3 Å². The lowest BCUT2D eigenvalue weighted by atomic mass is 10.1. The van der Waals surface area contributed by atoms with Gasteiger partial charge in [-0.2, -0.15) is 0 Å². The number of rotatable bonds is 10. The highest BCUT2D eigenvalue weighted by molar-refractivity contribution is 6.13. The SMILES string of the molecule is [2H]CC(=O)OC[C@H]1OC(n2cnc3c(C(=O)c4cc(OC)c(OC)c(OC)c4)ncnc32)[C@H](OC(=O)C[2H])[C@@H]1OC(=O)C[2H]. The smallest absolute Gasteiger partial charge is 0.303 e. The third kappa shape index (κ3) is 5.89. The lowest BCUT2D eigenvalue weighted by Crippen LogP contribution is -2.40. The first-order valence-electron chi connectivity index (χ1n) is 13.9. The van der Waals surface area contributed by atoms with E-state index in [0.717, 1.165) is 6.33 Å². The van der Waals surface area contributed by atoms with E-state index in [1.165, 1.54) is 44.4 Å². The van der Waals surface area contributed by atoms with Crippen LogP contribution in [0.1, 0.15) is 47.1 Å². The van der Waals surface area contributed by atoms with Gasteiger partial charge in [-0.3, -0.25) is 23.7 Å². The number of carbonyl (C=O) groups excluding carboxylic acids is 4. The molecule has 15 heteroatoms. The van der Waals surface area contributed by atoms with Crippen molar-refractivity contribution in [2.75, 3.05) is 27.9 Å². The molecule has 0 bridgehead atoms. The molecule has 0 saturated carbocycles. The zero-order valence-electron chi connectivity index (χ0n) is 25.2. The molecule has 0 radical (unpaired) electrons. The van der Waals surface area contributed by atoms with Gasteiger partial charge in [-0.1, -0.05) is 0 Å². The van der Waals surface area contributed by atoms with E-state index < -0.39 is 75.5 Å². The lowest BCUT2D eigenvalue weighted by Gasteiger charge is -2.23. The molecule has 15 nitrogen and oxygen atoms in total. The Morgan fingerprint density at radius 1 is 0.902 bits per heavy atom. The standard InChI is InChI=1S/C26H28N4O11/c1-12(31)38-9-18-23(39-13(2)32)24(40-14(3)33)26(41-18)30-11-29-20-19(27-10-28-25(20)30)21(34)15-7-16(35-4)22(37-6)17(8-15)36-5/h7-8,10-11,18,23-24,26H,9H2,1-6H3/t18-,23-,24-,26?/m1/s1/i1D,2D,3D. The number of nitrogens with zero attached hydrogens (tertiary/aromatic N) is 4. The molecule has 0 amide bonds. The number of hydrogen-bond acceptors (Lipinski definition) is 14. The summed E-state index contributed by atoms with van der Waals surface area (Å²) in [7, 11) is 4.22. The van der Waals surface area contributed by atoms with Gasteiger partial charge in [-0.15, -0.1) is 0 Å². The van der Waals surface area contributed by atoms with Crippen molar-refractivity contribution in [3.05, 3.63) is 36.0 Å². The van der Waals surface area contributed by atoms with E-state index in [1.54, 1.807) is 0 Å². The van der Waals surface area contributed by atoms with E-state index in [0.29, 0.717) is 0 Å². The molecule has 1 aliphatic heterocycles. The van der Waals surface area contributed by atoms with E-state index in [-0.39, 0.29) is 39.7 Å². The number of benzene rings is 1. The zero-order valence-corrected chi connectivity index (χ0v) is 22.2. The molecule has 218 valence electrons. The van der Waals surface area contributed by atoms with E-state index in [2.05, 4.69) is 15.0 Å². The van der Waals surface area contributed by atoms with Crippen LogP contribution in [-0.4, -0.2) is 89.5 Å². The average Bonchev–Trinajstić information content (AvgIpc) is 3.62. The molecule has 1 aliphatic rings. The Kier molecular flexibility index (Phi) is 7.47. The number of ether oxygens (including phenoxy) is 7. The van der Waals surface area contributed by atoms with Gasteiger partial charge in [0.25, 0.3) is 0 Å². The quantitative estimate of drug-likeness (QED) is 0.192. The van der Waals surface area contributed by atoms with Gasteiger partial charge >= 0.3 is 17.9 Å². The Balaban J connectivity index is 1.77. The number of aromatic nitrogens is 4. The summed E-state index contributed by atoms with van der Waals surface area (Å²) in [6, 6.07) is 2.89. The van der Waals surface area contributed by atoms with Crippen molar-refractivity contribution >= 4 is 34.9 Å². The fourth-order valence-electron chi connectivity index (χ4n) is 4.37. The second kappa shape index (κ2) is 12.2. The summed E-state index contributed by atoms with van der Waals surface area (Å²) >= 11 is 0. The van der Waals surface area contributed by atoms with Crippen molar-refractivity contribution < 1.29 is 56.4 Å². The minimum absolute atomic E-state index is 0.0317. The normalized spacial score (nSPS) is 20.8. The number of ketones is 1. The van der Waals surface area contributed by atoms with E-state index in [1.807, 2.05) is 0 Å². The molecule has 3 aromatic rings. The first-order valence-corrected chi connectivity index (χ1v) is 11.8. The Morgan fingerprint density at radius 3 is 2.17 bits per heavy atom. The van der Waals surface area contributed by atoms with E-state index >= 15 is 0 Å². The first kappa shape index (κ1) is 25.2. The summed E-state index contributed by atoms with van der Waals surface area (Å²) in [5.74, 6) is -2.70. The molecule has 2 aromatic heterocycles. The molecule has 4 atom stereocenters. The van der Waals surface area contributed by atoms with Crippen LogP contribution in [0.5, 0.6) is 17.2 Å². The molecule has 0 spiro atoms. The molecule has 1 saturated heterocycles. The molecule has 1 fully saturated rings. The molecule has 1 aromatic carbocycles. The summed E-state index contributed by atoms with van der Waals surface area (Å²) in [5.41, 5.74) is 0.109. The third-order valence-electron chi connectivity index (χ3n) is 6.00. The van der Waals surface area contributed by atoms with E-state index in [9.17, 15) is 19.2 Å². The molecule has 0 aliphatic carbocycles. The van der Waals surface area contributed by atoms with E-state index in [4.69, 9.17) is 37.3 Å². The second-order valence-corrected chi connectivity index (χ2v) is 8.45. The average molecular weight is 576 g/mol. The molecular formula is C26H28N4O11. The minimum Gasteiger partial charge on any atom is -0.493 e. The summed E-state index contributed by atoms with van der Waals surface area (Å²) in [5, 5.41) is 0. The molecule has 3 heterocycles. The van der Waals surface area contributed by atoms with Crippen molar-refractivity contribution in [2.24, 2.45) is 0 Å². The summed E-state index contributed by atoms with van der Waals surface area (Å²) in [4.78, 5) is 62.4. The summed E-state index contributed by atoms with van der Waals surface area (Å²) in [6.07, 6.45) is -2.97. The predicted molar refractivity (Wildman–Crippen MR) is 137 cm³/mol. The number of fused-ring (bicyclic) bond motifs is 1. The molecule has 1 unspecified atom stereocenters. The zero-order chi connectivity index (χ0) is 32.0. The summed E-state index contributed by atoms with van der Waals surface area (Å²) in [6.45, 7) is -2.73. The largest absolute Gasteiger partial charge is 0.493 e. The molecule has 0 N–H and O–H groups in total. The Morgan fingerprint density at radius 2 is 1.56 bits per heavy atom. The molecule has 41 heavy (non-hydrogen) atoms. The lowest BCUT2D eigenvalue weighted by molar-refractivity contribution is -0.166. The number of esters is 3. The van der Waals surface area contributed by atoms with Crippen molar-refractivity contribution in [3.8, 4) is 17.2 Å². The minimum atomic E-state index is -1.41. The number of carbonyl (C=O) groups is 4. The molecular weight excluding hydrogens is 544 g/mol. The van der Waals surface area contributed by atoms with Crippen LogP contribution < -0.4 is 14.2 Å². The van der Waals surface area contributed by atoms with Gasteiger partial charge < -0.3 is 33.2 Å². The highest BCUT2D eigenvalue weighted by Crippen LogP contribution is 2.39. The van der Waals surface area contributed by atoms with Gasteiger partial charge in [0.15, 0.2) is 35.6 Å². The van der Waals surface area contributed by atoms with Crippen LogP contribution in [0.3, 0.4) is 0 Å². The first-order chi connectivity index (χ1) is 21.2. The van der Waals surface area contributed by atoms with Gasteiger partial charge in [0.2, 0.25) is 11.5 Å². The second-order valence-electron chi connectivity index (χ2n) is 8.45. The maximum atomic E-state index is 13.7. The van der Waals surface area contributed by atoms with Crippen LogP contribution in [0, 0.1) is 0 Å². The Hall–Kier alpha value is -4.79. The fraction of sp³-hybridized carbons (Fsp3) is 0.423. The maximum absolute atomic E-state index is 13.7. The Bertz CT molecular complexity index is 1530.